The minimum atomic E-state index is 1.15. The van der Waals surface area contributed by atoms with Crippen LogP contribution in [-0.2, 0) is 0 Å². The minimum absolute atomic E-state index is 1.15. The van der Waals surface area contributed by atoms with Crippen LogP contribution in [-0.4, -0.2) is 9.55 Å². The Kier molecular flexibility index (Phi) is 3.05. The fourth-order valence-corrected chi connectivity index (χ4v) is 4.56. The molecule has 0 atom stereocenters. The topological polar surface area (TPSA) is 17.8 Å². The highest BCUT2D eigenvalue weighted by atomic mass is 32.1. The molecule has 2 nitrogen and oxygen atoms in total. The maximum absolute atomic E-state index is 4.17. The van der Waals surface area contributed by atoms with Gasteiger partial charge >= 0.3 is 0 Å². The molecule has 0 aliphatic heterocycles. The van der Waals surface area contributed by atoms with Crippen LogP contribution in [0.5, 0.6) is 0 Å². The van der Waals surface area contributed by atoms with E-state index in [2.05, 4.69) is 44.7 Å². The second-order valence-electron chi connectivity index (χ2n) is 4.93. The Bertz CT molecular complexity index is 733. The van der Waals surface area contributed by atoms with Crippen LogP contribution in [0, 0.1) is 0 Å². The van der Waals surface area contributed by atoms with Crippen molar-refractivity contribution in [2.24, 2.45) is 0 Å². The first kappa shape index (κ1) is 12.1. The van der Waals surface area contributed by atoms with Crippen LogP contribution in [0.2, 0.25) is 0 Å². The van der Waals surface area contributed by atoms with Crippen molar-refractivity contribution in [3.05, 3.63) is 52.6 Å². The van der Waals surface area contributed by atoms with Crippen LogP contribution in [0.3, 0.4) is 0 Å². The first-order valence-electron chi connectivity index (χ1n) is 6.75. The van der Waals surface area contributed by atoms with E-state index >= 15 is 0 Å². The molecule has 1 aliphatic carbocycles. The molecule has 3 aromatic rings. The molecule has 20 heavy (non-hydrogen) atoms. The lowest BCUT2D eigenvalue weighted by Gasteiger charge is -2.06. The Hall–Kier alpha value is -1.65. The van der Waals surface area contributed by atoms with E-state index in [1.165, 1.54) is 39.4 Å². The third kappa shape index (κ3) is 2.05. The smallest absolute Gasteiger partial charge is 0.0989 e. The largest absolute Gasteiger partial charge is 0.310 e. The summed E-state index contributed by atoms with van der Waals surface area (Å²) in [6.07, 6.45) is 9.39. The predicted molar refractivity (Wildman–Crippen MR) is 86.8 cm³/mol. The van der Waals surface area contributed by atoms with Gasteiger partial charge in [0.1, 0.15) is 0 Å². The van der Waals surface area contributed by atoms with Gasteiger partial charge in [-0.05, 0) is 42.3 Å². The number of aromatic nitrogens is 2. The predicted octanol–water partition coefficient (Wildman–Crippen LogP) is 5.23. The van der Waals surface area contributed by atoms with Crippen molar-refractivity contribution in [3.63, 3.8) is 0 Å². The second-order valence-corrected chi connectivity index (χ2v) is 6.78. The summed E-state index contributed by atoms with van der Waals surface area (Å²) >= 11 is 3.67. The highest BCUT2D eigenvalue weighted by Gasteiger charge is 2.19. The molecule has 3 heterocycles. The summed E-state index contributed by atoms with van der Waals surface area (Å²) < 4.78 is 2.17. The molecule has 0 radical (unpaired) electrons. The van der Waals surface area contributed by atoms with Gasteiger partial charge in [0.2, 0.25) is 0 Å². The average Bonchev–Trinajstić information content (AvgIpc) is 3.23. The summed E-state index contributed by atoms with van der Waals surface area (Å²) in [5.41, 5.74) is 4.27. The molecule has 100 valence electrons. The molecular formula is C16H14N2S2. The molecule has 0 bridgehead atoms. The molecule has 0 fully saturated rings. The van der Waals surface area contributed by atoms with E-state index in [4.69, 9.17) is 0 Å². The van der Waals surface area contributed by atoms with Gasteiger partial charge in [0, 0.05) is 38.8 Å². The minimum Gasteiger partial charge on any atom is -0.310 e. The molecule has 3 aromatic heterocycles. The van der Waals surface area contributed by atoms with Crippen molar-refractivity contribution >= 4 is 33.9 Å². The molecular weight excluding hydrogens is 284 g/mol. The van der Waals surface area contributed by atoms with Crippen molar-refractivity contribution in [3.8, 4) is 10.4 Å². The summed E-state index contributed by atoms with van der Waals surface area (Å²) in [6, 6.07) is 6.65. The van der Waals surface area contributed by atoms with E-state index < -0.39 is 0 Å². The number of hydrogen-bond donors (Lipinski definition) is 0. The van der Waals surface area contributed by atoms with Gasteiger partial charge in [-0.15, -0.1) is 22.7 Å². The zero-order chi connectivity index (χ0) is 13.4. The van der Waals surface area contributed by atoms with Crippen molar-refractivity contribution in [1.29, 1.82) is 0 Å². The molecule has 4 heteroatoms. The Balaban J connectivity index is 1.75. The first-order chi connectivity index (χ1) is 9.92. The van der Waals surface area contributed by atoms with Gasteiger partial charge in [0.25, 0.3) is 0 Å². The quantitative estimate of drug-likeness (QED) is 0.647. The molecule has 0 saturated carbocycles. The number of hydrogen-bond acceptors (Lipinski definition) is 3. The summed E-state index contributed by atoms with van der Waals surface area (Å²) in [4.78, 5) is 6.94. The van der Waals surface area contributed by atoms with Crippen molar-refractivity contribution < 1.29 is 0 Å². The Labute approximate surface area is 126 Å². The van der Waals surface area contributed by atoms with E-state index in [0.717, 1.165) is 6.42 Å². The van der Waals surface area contributed by atoms with Gasteiger partial charge in [0.05, 0.1) is 6.33 Å². The van der Waals surface area contributed by atoms with Gasteiger partial charge in [-0.1, -0.05) is 6.07 Å². The molecule has 1 aliphatic rings. The van der Waals surface area contributed by atoms with Crippen molar-refractivity contribution in [1.82, 2.24) is 9.55 Å². The molecule has 0 spiro atoms. The molecule has 0 saturated heterocycles. The average molecular weight is 298 g/mol. The zero-order valence-electron chi connectivity index (χ0n) is 11.0. The van der Waals surface area contributed by atoms with Crippen molar-refractivity contribution in [2.45, 2.75) is 19.3 Å². The molecule has 0 amide bonds. The van der Waals surface area contributed by atoms with Crippen LogP contribution < -0.4 is 0 Å². The summed E-state index contributed by atoms with van der Waals surface area (Å²) in [5, 5.41) is 4.41. The Morgan fingerprint density at radius 2 is 2.15 bits per heavy atom. The summed E-state index contributed by atoms with van der Waals surface area (Å²) in [7, 11) is 0. The van der Waals surface area contributed by atoms with Gasteiger partial charge in [0.15, 0.2) is 0 Å². The first-order valence-corrected chi connectivity index (χ1v) is 8.51. The number of rotatable bonds is 3. The van der Waals surface area contributed by atoms with Crippen LogP contribution in [0.15, 0.2) is 47.7 Å². The summed E-state index contributed by atoms with van der Waals surface area (Å²) in [5.74, 6) is 0. The van der Waals surface area contributed by atoms with E-state index in [-0.39, 0.29) is 0 Å². The van der Waals surface area contributed by atoms with Gasteiger partial charge < -0.3 is 4.57 Å². The SMILES string of the molecule is c1csc(-c2csc(C3=C(n4ccnc4)CCC3)c2)c1. The third-order valence-corrected chi connectivity index (χ3v) is 5.62. The van der Waals surface area contributed by atoms with E-state index in [0.29, 0.717) is 0 Å². The standard InChI is InChI=1S/C16H14N2S2/c1-3-13(14(4-1)18-7-6-17-11-18)16-9-12(10-20-16)15-5-2-8-19-15/h2,5-11H,1,3-4H2. The fraction of sp³-hybridized carbons (Fsp3) is 0.188. The zero-order valence-corrected chi connectivity index (χ0v) is 12.6. The molecule has 4 rings (SSSR count). The lowest BCUT2D eigenvalue weighted by molar-refractivity contribution is 0.907. The van der Waals surface area contributed by atoms with Crippen LogP contribution in [0.1, 0.15) is 24.1 Å². The van der Waals surface area contributed by atoms with E-state index in [9.17, 15) is 0 Å². The van der Waals surface area contributed by atoms with Crippen LogP contribution >= 0.6 is 22.7 Å². The second kappa shape index (κ2) is 5.04. The normalized spacial score (nSPS) is 15.2. The van der Waals surface area contributed by atoms with E-state index in [1.54, 1.807) is 11.3 Å². The van der Waals surface area contributed by atoms with Gasteiger partial charge in [-0.25, -0.2) is 4.98 Å². The maximum Gasteiger partial charge on any atom is 0.0989 e. The van der Waals surface area contributed by atoms with Crippen LogP contribution in [0.25, 0.3) is 21.7 Å². The van der Waals surface area contributed by atoms with E-state index in [1.807, 2.05) is 23.9 Å². The van der Waals surface area contributed by atoms with Crippen LogP contribution in [0.4, 0.5) is 0 Å². The van der Waals surface area contributed by atoms with Gasteiger partial charge in [-0.3, -0.25) is 0 Å². The highest BCUT2D eigenvalue weighted by molar-refractivity contribution is 7.15. The van der Waals surface area contributed by atoms with Crippen molar-refractivity contribution in [2.75, 3.05) is 0 Å². The monoisotopic (exact) mass is 298 g/mol. The molecule has 0 N–H and O–H groups in total. The Morgan fingerprint density at radius 1 is 1.15 bits per heavy atom. The highest BCUT2D eigenvalue weighted by Crippen LogP contribution is 2.41. The number of imidazole rings is 1. The number of thiophene rings is 2. The summed E-state index contributed by atoms with van der Waals surface area (Å²) in [6.45, 7) is 0. The lowest BCUT2D eigenvalue weighted by atomic mass is 10.1. The third-order valence-electron chi connectivity index (χ3n) is 3.71. The maximum atomic E-state index is 4.17. The molecule has 0 unspecified atom stereocenters. The Morgan fingerprint density at radius 3 is 2.95 bits per heavy atom. The van der Waals surface area contributed by atoms with Gasteiger partial charge in [-0.2, -0.15) is 0 Å². The number of allylic oxidation sites excluding steroid dienone is 2. The number of nitrogens with zero attached hydrogens (tertiary/aromatic N) is 2. The fourth-order valence-electron chi connectivity index (χ4n) is 2.76. The molecule has 0 aromatic carbocycles. The lowest BCUT2D eigenvalue weighted by Crippen LogP contribution is -1.92.